The quantitative estimate of drug-likeness (QED) is 0.782. The lowest BCUT2D eigenvalue weighted by atomic mass is 10.2. The predicted octanol–water partition coefficient (Wildman–Crippen LogP) is 4.03. The van der Waals surface area contributed by atoms with E-state index in [0.717, 1.165) is 23.2 Å². The maximum absolute atomic E-state index is 4.75. The molecule has 2 rings (SSSR count). The number of nitrogens with one attached hydrogen (secondary N) is 1. The molecule has 0 aliphatic carbocycles. The second-order valence-corrected chi connectivity index (χ2v) is 7.44. The number of rotatable bonds is 7. The zero-order valence-electron chi connectivity index (χ0n) is 12.1. The van der Waals surface area contributed by atoms with E-state index in [0.29, 0.717) is 6.04 Å². The van der Waals surface area contributed by atoms with Gasteiger partial charge in [-0.05, 0) is 18.1 Å². The molecule has 1 N–H and O–H groups in total. The van der Waals surface area contributed by atoms with Gasteiger partial charge in [-0.1, -0.05) is 27.7 Å². The first kappa shape index (κ1) is 14.9. The van der Waals surface area contributed by atoms with Crippen LogP contribution >= 0.6 is 23.1 Å². The van der Waals surface area contributed by atoms with E-state index in [9.17, 15) is 0 Å². The van der Waals surface area contributed by atoms with Gasteiger partial charge in [-0.15, -0.1) is 23.1 Å². The summed E-state index contributed by atoms with van der Waals surface area (Å²) in [6.45, 7) is 9.79. The Morgan fingerprint density at radius 2 is 2.16 bits per heavy atom. The molecule has 0 fully saturated rings. The molecule has 0 radical (unpaired) electrons. The third-order valence-electron chi connectivity index (χ3n) is 2.94. The van der Waals surface area contributed by atoms with Gasteiger partial charge in [0.15, 0.2) is 4.96 Å². The van der Waals surface area contributed by atoms with E-state index < -0.39 is 0 Å². The lowest BCUT2D eigenvalue weighted by Crippen LogP contribution is -2.22. The van der Waals surface area contributed by atoms with Gasteiger partial charge in [0.25, 0.3) is 0 Å². The molecule has 2 aromatic heterocycles. The van der Waals surface area contributed by atoms with Crippen molar-refractivity contribution in [2.75, 3.05) is 5.75 Å². The molecule has 0 unspecified atom stereocenters. The van der Waals surface area contributed by atoms with Crippen LogP contribution in [-0.4, -0.2) is 21.2 Å². The van der Waals surface area contributed by atoms with Crippen LogP contribution in [0.2, 0.25) is 0 Å². The van der Waals surface area contributed by atoms with Crippen LogP contribution < -0.4 is 5.32 Å². The first-order valence-corrected chi connectivity index (χ1v) is 8.75. The second-order valence-electron chi connectivity index (χ2n) is 5.49. The molecule has 0 spiro atoms. The highest BCUT2D eigenvalue weighted by Crippen LogP contribution is 2.27. The summed E-state index contributed by atoms with van der Waals surface area (Å²) in [7, 11) is 0. The van der Waals surface area contributed by atoms with Crippen LogP contribution in [0.5, 0.6) is 0 Å². The van der Waals surface area contributed by atoms with Gasteiger partial charge in [0.1, 0.15) is 5.03 Å². The number of aromatic nitrogens is 2. The summed E-state index contributed by atoms with van der Waals surface area (Å²) in [6.07, 6.45) is 3.36. The number of fused-ring (bicyclic) bond motifs is 1. The smallest absolute Gasteiger partial charge is 0.194 e. The molecule has 0 amide bonds. The van der Waals surface area contributed by atoms with Crippen molar-refractivity contribution in [1.82, 2.24) is 14.7 Å². The van der Waals surface area contributed by atoms with Crippen molar-refractivity contribution >= 4 is 28.1 Å². The average Bonchev–Trinajstić information content (AvgIpc) is 2.86. The molecule has 0 aliphatic rings. The summed E-state index contributed by atoms with van der Waals surface area (Å²) in [5.74, 6) is 1.91. The molecule has 2 aromatic rings. The molecule has 5 heteroatoms. The number of nitrogens with zero attached hydrogens (tertiary/aromatic N) is 2. The van der Waals surface area contributed by atoms with Crippen LogP contribution in [0.1, 0.15) is 39.8 Å². The van der Waals surface area contributed by atoms with Crippen molar-refractivity contribution < 1.29 is 0 Å². The monoisotopic (exact) mass is 297 g/mol. The van der Waals surface area contributed by atoms with Crippen LogP contribution in [-0.2, 0) is 6.54 Å². The van der Waals surface area contributed by atoms with E-state index in [1.165, 1.54) is 17.1 Å². The van der Waals surface area contributed by atoms with Crippen molar-refractivity contribution in [3.05, 3.63) is 17.3 Å². The summed E-state index contributed by atoms with van der Waals surface area (Å²) < 4.78 is 2.22. The summed E-state index contributed by atoms with van der Waals surface area (Å²) in [4.78, 5) is 5.86. The molecule has 0 aliphatic heterocycles. The molecular formula is C14H23N3S2. The van der Waals surface area contributed by atoms with Gasteiger partial charge in [0, 0.05) is 24.2 Å². The van der Waals surface area contributed by atoms with Gasteiger partial charge in [0.2, 0.25) is 0 Å². The number of imidazole rings is 1. The molecule has 0 saturated heterocycles. The van der Waals surface area contributed by atoms with Crippen LogP contribution in [0, 0.1) is 5.92 Å². The SMILES string of the molecule is CC(C)CCSc1nc2sccn2c1CNC(C)C. The molecule has 3 nitrogen and oxygen atoms in total. The number of hydrogen-bond acceptors (Lipinski definition) is 4. The van der Waals surface area contributed by atoms with Gasteiger partial charge in [0.05, 0.1) is 5.69 Å². The molecule has 0 aromatic carbocycles. The third kappa shape index (κ3) is 3.97. The lowest BCUT2D eigenvalue weighted by Gasteiger charge is -2.09. The number of thioether (sulfide) groups is 1. The Bertz CT molecular complexity index is 514. The van der Waals surface area contributed by atoms with Crippen molar-refractivity contribution in [3.63, 3.8) is 0 Å². The average molecular weight is 297 g/mol. The van der Waals surface area contributed by atoms with E-state index in [4.69, 9.17) is 4.98 Å². The van der Waals surface area contributed by atoms with Crippen molar-refractivity contribution in [1.29, 1.82) is 0 Å². The molecule has 0 atom stereocenters. The third-order valence-corrected chi connectivity index (χ3v) is 4.73. The fourth-order valence-corrected chi connectivity index (χ4v) is 3.84. The topological polar surface area (TPSA) is 29.3 Å². The lowest BCUT2D eigenvalue weighted by molar-refractivity contribution is 0.574. The highest BCUT2D eigenvalue weighted by atomic mass is 32.2. The summed E-state index contributed by atoms with van der Waals surface area (Å²) >= 11 is 3.60. The van der Waals surface area contributed by atoms with E-state index in [1.54, 1.807) is 11.3 Å². The van der Waals surface area contributed by atoms with Crippen LogP contribution in [0.3, 0.4) is 0 Å². The standard InChI is InChI=1S/C14H23N3S2/c1-10(2)5-7-18-13-12(9-15-11(3)4)17-6-8-19-14(17)16-13/h6,8,10-11,15H,5,7,9H2,1-4H3. The molecule has 0 bridgehead atoms. The minimum atomic E-state index is 0.498. The van der Waals surface area contributed by atoms with Gasteiger partial charge < -0.3 is 5.32 Å². The Kier molecular flexibility index (Phi) is 5.30. The summed E-state index contributed by atoms with van der Waals surface area (Å²) in [5.41, 5.74) is 1.30. The zero-order chi connectivity index (χ0) is 13.8. The maximum Gasteiger partial charge on any atom is 0.194 e. The van der Waals surface area contributed by atoms with E-state index in [2.05, 4.69) is 49.0 Å². The van der Waals surface area contributed by atoms with E-state index in [-0.39, 0.29) is 0 Å². The minimum Gasteiger partial charge on any atom is -0.309 e. The van der Waals surface area contributed by atoms with Crippen molar-refractivity contribution in [2.45, 2.75) is 51.7 Å². The van der Waals surface area contributed by atoms with Crippen molar-refractivity contribution in [3.8, 4) is 0 Å². The summed E-state index contributed by atoms with van der Waals surface area (Å²) in [5, 5.41) is 6.80. The van der Waals surface area contributed by atoms with E-state index in [1.807, 2.05) is 11.8 Å². The van der Waals surface area contributed by atoms with Crippen molar-refractivity contribution in [2.24, 2.45) is 5.92 Å². The highest BCUT2D eigenvalue weighted by Gasteiger charge is 2.13. The molecule has 0 saturated carbocycles. The molecule has 19 heavy (non-hydrogen) atoms. The maximum atomic E-state index is 4.75. The minimum absolute atomic E-state index is 0.498. The normalized spacial score (nSPS) is 12.1. The Morgan fingerprint density at radius 1 is 1.37 bits per heavy atom. The Labute approximate surface area is 123 Å². The predicted molar refractivity (Wildman–Crippen MR) is 85.2 cm³/mol. The number of thiazole rings is 1. The van der Waals surface area contributed by atoms with Crippen LogP contribution in [0.15, 0.2) is 16.6 Å². The molecule has 2 heterocycles. The van der Waals surface area contributed by atoms with Crippen LogP contribution in [0.4, 0.5) is 0 Å². The second kappa shape index (κ2) is 6.77. The Balaban J connectivity index is 2.11. The Morgan fingerprint density at radius 3 is 2.84 bits per heavy atom. The zero-order valence-corrected chi connectivity index (χ0v) is 13.8. The fourth-order valence-electron chi connectivity index (χ4n) is 1.78. The fraction of sp³-hybridized carbons (Fsp3) is 0.643. The largest absolute Gasteiger partial charge is 0.309 e. The highest BCUT2D eigenvalue weighted by molar-refractivity contribution is 7.99. The summed E-state index contributed by atoms with van der Waals surface area (Å²) in [6, 6.07) is 0.498. The van der Waals surface area contributed by atoms with Gasteiger partial charge >= 0.3 is 0 Å². The van der Waals surface area contributed by atoms with Gasteiger partial charge in [-0.3, -0.25) is 4.40 Å². The van der Waals surface area contributed by atoms with E-state index >= 15 is 0 Å². The Hall–Kier alpha value is -0.520. The first-order chi connectivity index (χ1) is 9.08. The van der Waals surface area contributed by atoms with Gasteiger partial charge in [-0.2, -0.15) is 0 Å². The van der Waals surface area contributed by atoms with Crippen LogP contribution in [0.25, 0.3) is 4.96 Å². The number of hydrogen-bond donors (Lipinski definition) is 1. The molecule has 106 valence electrons. The van der Waals surface area contributed by atoms with Gasteiger partial charge in [-0.25, -0.2) is 4.98 Å². The molecular weight excluding hydrogens is 274 g/mol. The first-order valence-electron chi connectivity index (χ1n) is 6.88.